The molecule has 1 aliphatic carbocycles. The molecule has 2 unspecified atom stereocenters. The van der Waals surface area contributed by atoms with Crippen molar-refractivity contribution >= 4 is 0 Å². The number of aromatic hydroxyl groups is 1. The predicted octanol–water partition coefficient (Wildman–Crippen LogP) is 3.93. The van der Waals surface area contributed by atoms with Crippen molar-refractivity contribution in [2.24, 2.45) is 5.92 Å². The quantitative estimate of drug-likeness (QED) is 0.731. The van der Waals surface area contributed by atoms with Gasteiger partial charge in [0.05, 0.1) is 18.8 Å². The molecule has 156 valence electrons. The Morgan fingerprint density at radius 3 is 2.52 bits per heavy atom. The van der Waals surface area contributed by atoms with Crippen LogP contribution in [0.5, 0.6) is 5.75 Å². The Balaban J connectivity index is 1.51. The summed E-state index contributed by atoms with van der Waals surface area (Å²) in [5.74, 6) is 0.975. The molecule has 0 amide bonds. The molecule has 2 aliphatic rings. The zero-order valence-corrected chi connectivity index (χ0v) is 17.2. The van der Waals surface area contributed by atoms with Crippen LogP contribution in [0.25, 0.3) is 0 Å². The number of hydrogen-bond acceptors (Lipinski definition) is 5. The van der Waals surface area contributed by atoms with Gasteiger partial charge in [-0.3, -0.25) is 4.90 Å². The number of rotatable bonds is 8. The molecule has 1 saturated carbocycles. The molecule has 1 aromatic carbocycles. The maximum absolute atomic E-state index is 12.9. The summed E-state index contributed by atoms with van der Waals surface area (Å²) in [4.78, 5) is 15.3. The van der Waals surface area contributed by atoms with E-state index < -0.39 is 0 Å². The van der Waals surface area contributed by atoms with Crippen molar-refractivity contribution in [2.75, 3.05) is 26.3 Å². The van der Waals surface area contributed by atoms with Crippen LogP contribution >= 0.6 is 0 Å². The molecule has 2 heterocycles. The highest BCUT2D eigenvalue weighted by Gasteiger charge is 2.37. The van der Waals surface area contributed by atoms with E-state index in [0.29, 0.717) is 29.7 Å². The van der Waals surface area contributed by atoms with Crippen LogP contribution in [0.3, 0.4) is 0 Å². The molecular formula is C24H31NO4. The van der Waals surface area contributed by atoms with Gasteiger partial charge in [-0.15, -0.1) is 0 Å². The largest absolute Gasteiger partial charge is 0.507 e. The van der Waals surface area contributed by atoms with Crippen molar-refractivity contribution in [3.05, 3.63) is 63.7 Å². The first-order valence-corrected chi connectivity index (χ1v) is 10.9. The number of ether oxygens (including phenoxy) is 1. The van der Waals surface area contributed by atoms with Crippen LogP contribution in [0, 0.1) is 5.92 Å². The zero-order chi connectivity index (χ0) is 20.2. The van der Waals surface area contributed by atoms with Gasteiger partial charge in [0.25, 0.3) is 0 Å². The Morgan fingerprint density at radius 1 is 1.17 bits per heavy atom. The Hall–Kier alpha value is -2.11. The van der Waals surface area contributed by atoms with Crippen molar-refractivity contribution < 1.29 is 14.3 Å². The van der Waals surface area contributed by atoms with Gasteiger partial charge in [0.15, 0.2) is 0 Å². The summed E-state index contributed by atoms with van der Waals surface area (Å²) >= 11 is 0. The molecule has 5 nitrogen and oxygen atoms in total. The molecule has 2 atom stereocenters. The third-order valence-corrected chi connectivity index (χ3v) is 6.34. The molecule has 2 fully saturated rings. The second-order valence-corrected chi connectivity index (χ2v) is 8.27. The average molecular weight is 398 g/mol. The lowest BCUT2D eigenvalue weighted by molar-refractivity contribution is 0.0137. The number of nitrogens with zero attached hydrogens (tertiary/aromatic N) is 1. The maximum Gasteiger partial charge on any atom is 0.343 e. The topological polar surface area (TPSA) is 62.9 Å². The van der Waals surface area contributed by atoms with Gasteiger partial charge in [0.2, 0.25) is 0 Å². The number of benzene rings is 1. The van der Waals surface area contributed by atoms with E-state index in [9.17, 15) is 9.90 Å². The van der Waals surface area contributed by atoms with Crippen LogP contribution in [0.1, 0.15) is 55.4 Å². The molecule has 1 N–H and O–H groups in total. The van der Waals surface area contributed by atoms with E-state index in [1.165, 1.54) is 0 Å². The van der Waals surface area contributed by atoms with E-state index in [1.54, 1.807) is 6.07 Å². The minimum atomic E-state index is -0.389. The monoisotopic (exact) mass is 397 g/mol. The smallest absolute Gasteiger partial charge is 0.343 e. The van der Waals surface area contributed by atoms with Crippen molar-refractivity contribution in [2.45, 2.75) is 51.0 Å². The van der Waals surface area contributed by atoms with Crippen molar-refractivity contribution in [1.82, 2.24) is 4.90 Å². The highest BCUT2D eigenvalue weighted by molar-refractivity contribution is 5.41. The summed E-state index contributed by atoms with van der Waals surface area (Å²) in [5.41, 5.74) is 1.10. The zero-order valence-electron chi connectivity index (χ0n) is 17.2. The summed E-state index contributed by atoms with van der Waals surface area (Å²) in [6.07, 6.45) is 4.77. The summed E-state index contributed by atoms with van der Waals surface area (Å²) in [7, 11) is 0. The summed E-state index contributed by atoms with van der Waals surface area (Å²) in [6.45, 7) is 5.66. The molecule has 4 rings (SSSR count). The van der Waals surface area contributed by atoms with E-state index in [0.717, 1.165) is 57.6 Å². The molecule has 5 heteroatoms. The van der Waals surface area contributed by atoms with Gasteiger partial charge in [-0.2, -0.15) is 0 Å². The van der Waals surface area contributed by atoms with E-state index in [2.05, 4.69) is 11.8 Å². The van der Waals surface area contributed by atoms with Gasteiger partial charge in [-0.1, -0.05) is 37.3 Å². The van der Waals surface area contributed by atoms with Gasteiger partial charge < -0.3 is 14.3 Å². The third-order valence-electron chi connectivity index (χ3n) is 6.34. The third kappa shape index (κ3) is 4.73. The van der Waals surface area contributed by atoms with Crippen LogP contribution < -0.4 is 5.63 Å². The molecular weight excluding hydrogens is 366 g/mol. The maximum atomic E-state index is 12.9. The van der Waals surface area contributed by atoms with Crippen LogP contribution in [-0.4, -0.2) is 42.4 Å². The summed E-state index contributed by atoms with van der Waals surface area (Å²) < 4.78 is 11.1. The Bertz CT molecular complexity index is 853. The van der Waals surface area contributed by atoms with Gasteiger partial charge >= 0.3 is 5.63 Å². The van der Waals surface area contributed by atoms with Gasteiger partial charge in [0.1, 0.15) is 11.5 Å². The SMILES string of the molecule is CCC(CCc1cc(O)c(C(c2ccccc2)C2CC2)c(=O)o1)N1CCOCC1. The Kier molecular flexibility index (Phi) is 6.36. The highest BCUT2D eigenvalue weighted by atomic mass is 16.5. The normalized spacial score (nSPS) is 19.8. The Labute approximate surface area is 172 Å². The molecule has 1 aromatic heterocycles. The summed E-state index contributed by atoms with van der Waals surface area (Å²) in [5, 5.41) is 10.8. The van der Waals surface area contributed by atoms with Crippen LogP contribution in [0.4, 0.5) is 0 Å². The fraction of sp³-hybridized carbons (Fsp3) is 0.542. The molecule has 2 aromatic rings. The predicted molar refractivity (Wildman–Crippen MR) is 112 cm³/mol. The number of aryl methyl sites for hydroxylation is 1. The molecule has 1 aliphatic heterocycles. The molecule has 0 radical (unpaired) electrons. The lowest BCUT2D eigenvalue weighted by atomic mass is 9.87. The van der Waals surface area contributed by atoms with E-state index in [4.69, 9.17) is 9.15 Å². The van der Waals surface area contributed by atoms with E-state index >= 15 is 0 Å². The number of morpholine rings is 1. The lowest BCUT2D eigenvalue weighted by Crippen LogP contribution is -2.43. The van der Waals surface area contributed by atoms with Crippen molar-refractivity contribution in [3.8, 4) is 5.75 Å². The molecule has 0 bridgehead atoms. The van der Waals surface area contributed by atoms with Crippen LogP contribution in [0.2, 0.25) is 0 Å². The van der Waals surface area contributed by atoms with Gasteiger partial charge in [-0.05, 0) is 37.2 Å². The molecule has 1 saturated heterocycles. The second-order valence-electron chi connectivity index (χ2n) is 8.27. The minimum Gasteiger partial charge on any atom is -0.507 e. The van der Waals surface area contributed by atoms with Crippen LogP contribution in [0.15, 0.2) is 45.6 Å². The highest BCUT2D eigenvalue weighted by Crippen LogP contribution is 2.47. The molecule has 0 spiro atoms. The van der Waals surface area contributed by atoms with E-state index in [1.807, 2.05) is 30.3 Å². The van der Waals surface area contributed by atoms with E-state index in [-0.39, 0.29) is 17.3 Å². The van der Waals surface area contributed by atoms with Crippen molar-refractivity contribution in [3.63, 3.8) is 0 Å². The lowest BCUT2D eigenvalue weighted by Gasteiger charge is -2.34. The fourth-order valence-electron chi connectivity index (χ4n) is 4.61. The first-order chi connectivity index (χ1) is 14.2. The minimum absolute atomic E-state index is 0.0800. The first kappa shape index (κ1) is 20.2. The molecule has 29 heavy (non-hydrogen) atoms. The van der Waals surface area contributed by atoms with Crippen molar-refractivity contribution in [1.29, 1.82) is 0 Å². The Morgan fingerprint density at radius 2 is 1.90 bits per heavy atom. The standard InChI is InChI=1S/C24H31NO4/c1-2-19(25-12-14-28-15-13-25)10-11-20-16-21(26)23(24(27)29-20)22(18-8-9-18)17-6-4-3-5-7-17/h3-7,16,18-19,22,26H,2,8-15H2,1H3. The number of hydrogen-bond donors (Lipinski definition) is 1. The second kappa shape index (κ2) is 9.14. The van der Waals surface area contributed by atoms with Gasteiger partial charge in [0, 0.05) is 37.5 Å². The van der Waals surface area contributed by atoms with Crippen LogP contribution in [-0.2, 0) is 11.2 Å². The first-order valence-electron chi connectivity index (χ1n) is 10.9. The van der Waals surface area contributed by atoms with Gasteiger partial charge in [-0.25, -0.2) is 4.79 Å². The summed E-state index contributed by atoms with van der Waals surface area (Å²) in [6, 6.07) is 12.1. The fourth-order valence-corrected chi connectivity index (χ4v) is 4.61. The average Bonchev–Trinajstić information content (AvgIpc) is 3.57.